The number of aryl methyl sites for hydroxylation is 1. The molecule has 0 amide bonds. The second-order valence-electron chi connectivity index (χ2n) is 4.77. The SMILES string of the molecule is CCc1oc2cc(O)ccc2c(=O)c1-c1ccc(Cl)cc1. The normalized spacial score (nSPS) is 11.0. The van der Waals surface area contributed by atoms with E-state index in [1.807, 2.05) is 6.92 Å². The van der Waals surface area contributed by atoms with Crippen LogP contribution in [0.2, 0.25) is 5.02 Å². The summed E-state index contributed by atoms with van der Waals surface area (Å²) in [6, 6.07) is 11.6. The molecule has 0 saturated carbocycles. The Labute approximate surface area is 126 Å². The first kappa shape index (κ1) is 13.7. The van der Waals surface area contributed by atoms with E-state index >= 15 is 0 Å². The van der Waals surface area contributed by atoms with Crippen molar-refractivity contribution < 1.29 is 9.52 Å². The van der Waals surface area contributed by atoms with Gasteiger partial charge in [-0.15, -0.1) is 0 Å². The maximum atomic E-state index is 12.7. The number of phenolic OH excluding ortho intramolecular Hbond substituents is 1. The molecule has 0 bridgehead atoms. The summed E-state index contributed by atoms with van der Waals surface area (Å²) in [5, 5.41) is 10.6. The first-order valence-electron chi connectivity index (χ1n) is 6.65. The molecule has 0 aliphatic carbocycles. The average Bonchev–Trinajstić information content (AvgIpc) is 2.48. The van der Waals surface area contributed by atoms with Crippen molar-refractivity contribution in [2.75, 3.05) is 0 Å². The molecule has 0 unspecified atom stereocenters. The van der Waals surface area contributed by atoms with Gasteiger partial charge in [0.2, 0.25) is 5.43 Å². The monoisotopic (exact) mass is 300 g/mol. The predicted octanol–water partition coefficient (Wildman–Crippen LogP) is 4.38. The largest absolute Gasteiger partial charge is 0.508 e. The zero-order chi connectivity index (χ0) is 15.0. The number of benzene rings is 2. The van der Waals surface area contributed by atoms with E-state index in [-0.39, 0.29) is 11.2 Å². The van der Waals surface area contributed by atoms with Crippen molar-refractivity contribution >= 4 is 22.6 Å². The van der Waals surface area contributed by atoms with E-state index in [0.29, 0.717) is 33.7 Å². The summed E-state index contributed by atoms with van der Waals surface area (Å²) >= 11 is 5.90. The third kappa shape index (κ3) is 2.41. The molecule has 0 aliphatic rings. The van der Waals surface area contributed by atoms with E-state index in [1.54, 1.807) is 30.3 Å². The van der Waals surface area contributed by atoms with E-state index in [9.17, 15) is 9.90 Å². The van der Waals surface area contributed by atoms with Crippen LogP contribution in [0.4, 0.5) is 0 Å². The molecule has 3 nitrogen and oxygen atoms in total. The van der Waals surface area contributed by atoms with Gasteiger partial charge in [0.15, 0.2) is 0 Å². The van der Waals surface area contributed by atoms with Crippen molar-refractivity contribution in [1.29, 1.82) is 0 Å². The molecular weight excluding hydrogens is 288 g/mol. The molecular formula is C17H13ClO3. The Morgan fingerprint density at radius 1 is 1.14 bits per heavy atom. The van der Waals surface area contributed by atoms with Gasteiger partial charge < -0.3 is 9.52 Å². The zero-order valence-electron chi connectivity index (χ0n) is 11.4. The van der Waals surface area contributed by atoms with E-state index in [0.717, 1.165) is 5.56 Å². The molecule has 0 fully saturated rings. The van der Waals surface area contributed by atoms with E-state index in [1.165, 1.54) is 12.1 Å². The highest BCUT2D eigenvalue weighted by Gasteiger charge is 2.15. The number of aromatic hydroxyl groups is 1. The Morgan fingerprint density at radius 3 is 2.52 bits per heavy atom. The minimum Gasteiger partial charge on any atom is -0.508 e. The van der Waals surface area contributed by atoms with Gasteiger partial charge in [0.1, 0.15) is 17.1 Å². The van der Waals surface area contributed by atoms with Crippen LogP contribution in [0.15, 0.2) is 51.7 Å². The third-order valence-corrected chi connectivity index (χ3v) is 3.65. The maximum absolute atomic E-state index is 12.7. The Balaban J connectivity index is 2.36. The summed E-state index contributed by atoms with van der Waals surface area (Å²) in [5.74, 6) is 0.673. The Kier molecular flexibility index (Phi) is 3.43. The number of hydrogen-bond donors (Lipinski definition) is 1. The van der Waals surface area contributed by atoms with Crippen LogP contribution in [0, 0.1) is 0 Å². The van der Waals surface area contributed by atoms with Gasteiger partial charge in [0.25, 0.3) is 0 Å². The fourth-order valence-electron chi connectivity index (χ4n) is 2.39. The summed E-state index contributed by atoms with van der Waals surface area (Å²) in [4.78, 5) is 12.7. The lowest BCUT2D eigenvalue weighted by atomic mass is 10.0. The average molecular weight is 301 g/mol. The topological polar surface area (TPSA) is 50.4 Å². The first-order valence-corrected chi connectivity index (χ1v) is 7.02. The molecule has 0 saturated heterocycles. The number of hydrogen-bond acceptors (Lipinski definition) is 3. The first-order chi connectivity index (χ1) is 10.1. The van der Waals surface area contributed by atoms with Gasteiger partial charge in [0.05, 0.1) is 10.9 Å². The second-order valence-corrected chi connectivity index (χ2v) is 5.21. The molecule has 21 heavy (non-hydrogen) atoms. The van der Waals surface area contributed by atoms with Gasteiger partial charge in [-0.05, 0) is 29.8 Å². The fourth-order valence-corrected chi connectivity index (χ4v) is 2.51. The van der Waals surface area contributed by atoms with E-state index < -0.39 is 0 Å². The molecule has 1 aromatic heterocycles. The lowest BCUT2D eigenvalue weighted by Crippen LogP contribution is -2.08. The van der Waals surface area contributed by atoms with Crippen LogP contribution in [0.25, 0.3) is 22.1 Å². The van der Waals surface area contributed by atoms with Crippen molar-refractivity contribution in [1.82, 2.24) is 0 Å². The van der Waals surface area contributed by atoms with Crippen molar-refractivity contribution in [3.63, 3.8) is 0 Å². The summed E-state index contributed by atoms with van der Waals surface area (Å²) in [6.45, 7) is 1.92. The molecule has 4 heteroatoms. The van der Waals surface area contributed by atoms with Crippen molar-refractivity contribution in [3.8, 4) is 16.9 Å². The highest BCUT2D eigenvalue weighted by molar-refractivity contribution is 6.30. The highest BCUT2D eigenvalue weighted by atomic mass is 35.5. The van der Waals surface area contributed by atoms with Crippen LogP contribution >= 0.6 is 11.6 Å². The minimum absolute atomic E-state index is 0.0759. The molecule has 0 radical (unpaired) electrons. The van der Waals surface area contributed by atoms with Crippen LogP contribution in [0.1, 0.15) is 12.7 Å². The summed E-state index contributed by atoms with van der Waals surface area (Å²) < 4.78 is 5.80. The van der Waals surface area contributed by atoms with Crippen LogP contribution in [-0.2, 0) is 6.42 Å². The molecule has 0 spiro atoms. The zero-order valence-corrected chi connectivity index (χ0v) is 12.1. The molecule has 1 heterocycles. The maximum Gasteiger partial charge on any atom is 0.200 e. The van der Waals surface area contributed by atoms with Gasteiger partial charge in [-0.1, -0.05) is 30.7 Å². The van der Waals surface area contributed by atoms with E-state index in [2.05, 4.69) is 0 Å². The third-order valence-electron chi connectivity index (χ3n) is 3.40. The molecule has 3 aromatic rings. The van der Waals surface area contributed by atoms with Crippen LogP contribution in [-0.4, -0.2) is 5.11 Å². The van der Waals surface area contributed by atoms with Gasteiger partial charge >= 0.3 is 0 Å². The van der Waals surface area contributed by atoms with Crippen molar-refractivity contribution in [2.24, 2.45) is 0 Å². The smallest absolute Gasteiger partial charge is 0.200 e. The van der Waals surface area contributed by atoms with Gasteiger partial charge in [-0.25, -0.2) is 0 Å². The molecule has 3 rings (SSSR count). The highest BCUT2D eigenvalue weighted by Crippen LogP contribution is 2.27. The predicted molar refractivity (Wildman–Crippen MR) is 84.0 cm³/mol. The fraction of sp³-hybridized carbons (Fsp3) is 0.118. The second kappa shape index (κ2) is 5.26. The lowest BCUT2D eigenvalue weighted by Gasteiger charge is -2.09. The van der Waals surface area contributed by atoms with Crippen LogP contribution in [0.5, 0.6) is 5.75 Å². The Bertz CT molecular complexity index is 864. The minimum atomic E-state index is -0.101. The number of halogens is 1. The van der Waals surface area contributed by atoms with Crippen molar-refractivity contribution in [3.05, 3.63) is 63.5 Å². The summed E-state index contributed by atoms with van der Waals surface area (Å²) in [7, 11) is 0. The number of phenols is 1. The number of fused-ring (bicyclic) bond motifs is 1. The molecule has 106 valence electrons. The molecule has 2 aromatic carbocycles. The molecule has 1 N–H and O–H groups in total. The van der Waals surface area contributed by atoms with Crippen molar-refractivity contribution in [2.45, 2.75) is 13.3 Å². The Morgan fingerprint density at radius 2 is 1.86 bits per heavy atom. The number of rotatable bonds is 2. The van der Waals surface area contributed by atoms with Gasteiger partial charge in [-0.2, -0.15) is 0 Å². The lowest BCUT2D eigenvalue weighted by molar-refractivity contribution is 0.472. The standard InChI is InChI=1S/C17H13ClO3/c1-2-14-16(10-3-5-11(18)6-4-10)17(20)13-8-7-12(19)9-15(13)21-14/h3-9,19H,2H2,1H3. The summed E-state index contributed by atoms with van der Waals surface area (Å²) in [5.41, 5.74) is 1.62. The van der Waals surface area contributed by atoms with Gasteiger partial charge in [-0.3, -0.25) is 4.79 Å². The quantitative estimate of drug-likeness (QED) is 0.764. The van der Waals surface area contributed by atoms with Gasteiger partial charge in [0, 0.05) is 17.5 Å². The Hall–Kier alpha value is -2.26. The molecule has 0 aliphatic heterocycles. The van der Waals surface area contributed by atoms with Crippen LogP contribution in [0.3, 0.4) is 0 Å². The van der Waals surface area contributed by atoms with Crippen LogP contribution < -0.4 is 5.43 Å². The molecule has 0 atom stereocenters. The summed E-state index contributed by atoms with van der Waals surface area (Å²) in [6.07, 6.45) is 0.582. The van der Waals surface area contributed by atoms with E-state index in [4.69, 9.17) is 16.0 Å².